The second kappa shape index (κ2) is 9.07. The number of nitrogens with zero attached hydrogens (tertiary/aromatic N) is 1. The maximum Gasteiger partial charge on any atom is 0.198 e. The van der Waals surface area contributed by atoms with Crippen LogP contribution in [0.2, 0.25) is 0 Å². The lowest BCUT2D eigenvalue weighted by molar-refractivity contribution is 0.410. The van der Waals surface area contributed by atoms with E-state index in [1.165, 1.54) is 11.1 Å². The van der Waals surface area contributed by atoms with Crippen molar-refractivity contribution in [1.82, 2.24) is 0 Å². The third-order valence-corrected chi connectivity index (χ3v) is 5.79. The summed E-state index contributed by atoms with van der Waals surface area (Å²) in [5.41, 5.74) is 4.37. The molecular formula is C24H20N2OS2. The van der Waals surface area contributed by atoms with Crippen LogP contribution in [-0.2, 0) is 0 Å². The van der Waals surface area contributed by atoms with Gasteiger partial charge >= 0.3 is 0 Å². The molecule has 0 aliphatic carbocycles. The quantitative estimate of drug-likeness (QED) is 0.502. The molecule has 0 amide bonds. The lowest BCUT2D eigenvalue weighted by Gasteiger charge is -2.19. The molecule has 0 saturated carbocycles. The number of hydrogen-bond acceptors (Lipinski definition) is 3. The Morgan fingerprint density at radius 2 is 1.59 bits per heavy atom. The molecule has 1 N–H and O–H groups in total. The lowest BCUT2D eigenvalue weighted by Crippen LogP contribution is -2.13. The molecule has 3 aromatic rings. The van der Waals surface area contributed by atoms with E-state index in [4.69, 9.17) is 21.9 Å². The highest BCUT2D eigenvalue weighted by atomic mass is 32.2. The van der Waals surface area contributed by atoms with Gasteiger partial charge in [-0.25, -0.2) is 4.99 Å². The van der Waals surface area contributed by atoms with Gasteiger partial charge in [-0.1, -0.05) is 78.5 Å². The van der Waals surface area contributed by atoms with Gasteiger partial charge in [-0.15, -0.1) is 0 Å². The minimum atomic E-state index is -0.0333. The predicted molar refractivity (Wildman–Crippen MR) is 128 cm³/mol. The van der Waals surface area contributed by atoms with Crippen molar-refractivity contribution in [3.05, 3.63) is 101 Å². The lowest BCUT2D eigenvalue weighted by atomic mass is 9.88. The number of anilines is 1. The molecule has 144 valence electrons. The summed E-state index contributed by atoms with van der Waals surface area (Å²) in [6.07, 6.45) is 0. The van der Waals surface area contributed by atoms with Crippen molar-refractivity contribution in [1.29, 1.82) is 0 Å². The first-order valence-electron chi connectivity index (χ1n) is 9.26. The average Bonchev–Trinajstić information content (AvgIpc) is 3.18. The Kier molecular flexibility index (Phi) is 6.08. The van der Waals surface area contributed by atoms with E-state index in [0.717, 1.165) is 22.0 Å². The first-order chi connectivity index (χ1) is 14.3. The normalized spacial score (nSPS) is 17.1. The second-order valence-corrected chi connectivity index (χ2v) is 7.75. The summed E-state index contributed by atoms with van der Waals surface area (Å²) in [7, 11) is 1.70. The number of hydrogen-bond donors (Lipinski definition) is 1. The Morgan fingerprint density at radius 3 is 2.31 bits per heavy atom. The Bertz CT molecular complexity index is 1060. The third-order valence-electron chi connectivity index (χ3n) is 4.66. The van der Waals surface area contributed by atoms with Crippen molar-refractivity contribution in [2.75, 3.05) is 12.4 Å². The fourth-order valence-electron chi connectivity index (χ4n) is 3.33. The molecule has 29 heavy (non-hydrogen) atoms. The zero-order valence-electron chi connectivity index (χ0n) is 15.9. The first kappa shape index (κ1) is 19.4. The Labute approximate surface area is 180 Å². The summed E-state index contributed by atoms with van der Waals surface area (Å²) in [6, 6.07) is 28.3. The van der Waals surface area contributed by atoms with E-state index in [1.807, 2.05) is 54.6 Å². The van der Waals surface area contributed by atoms with Crippen LogP contribution in [-0.4, -0.2) is 17.3 Å². The van der Waals surface area contributed by atoms with Crippen LogP contribution in [0.25, 0.3) is 5.57 Å². The summed E-state index contributed by atoms with van der Waals surface area (Å²) in [4.78, 5) is 4.77. The monoisotopic (exact) mass is 416 g/mol. The van der Waals surface area contributed by atoms with Crippen molar-refractivity contribution >= 4 is 45.4 Å². The van der Waals surface area contributed by atoms with Gasteiger partial charge in [0.05, 0.1) is 18.1 Å². The zero-order chi connectivity index (χ0) is 20.1. The SMILES string of the molecule is COc1ccccc1C1C(c2ccccc2)=CS/C1=N\C(=S)Nc1ccccc1. The van der Waals surface area contributed by atoms with Gasteiger partial charge in [0.1, 0.15) is 5.75 Å². The van der Waals surface area contributed by atoms with E-state index in [1.54, 1.807) is 18.9 Å². The van der Waals surface area contributed by atoms with Crippen molar-refractivity contribution < 1.29 is 4.74 Å². The number of benzene rings is 3. The minimum Gasteiger partial charge on any atom is -0.496 e. The molecule has 1 heterocycles. The van der Waals surface area contributed by atoms with Crippen molar-refractivity contribution in [3.8, 4) is 5.75 Å². The van der Waals surface area contributed by atoms with Gasteiger partial charge < -0.3 is 10.1 Å². The summed E-state index contributed by atoms with van der Waals surface area (Å²) >= 11 is 7.14. The van der Waals surface area contributed by atoms with E-state index in [-0.39, 0.29) is 5.92 Å². The highest BCUT2D eigenvalue weighted by Gasteiger charge is 2.31. The fraction of sp³-hybridized carbons (Fsp3) is 0.0833. The molecule has 1 atom stereocenters. The van der Waals surface area contributed by atoms with Gasteiger partial charge in [-0.2, -0.15) is 0 Å². The molecule has 1 aliphatic rings. The molecule has 3 nitrogen and oxygen atoms in total. The Hall–Kier alpha value is -2.89. The van der Waals surface area contributed by atoms with E-state index < -0.39 is 0 Å². The van der Waals surface area contributed by atoms with Crippen molar-refractivity contribution in [2.45, 2.75) is 5.92 Å². The molecule has 0 aromatic heterocycles. The first-order valence-corrected chi connectivity index (χ1v) is 10.5. The molecule has 0 saturated heterocycles. The van der Waals surface area contributed by atoms with Crippen LogP contribution in [0.15, 0.2) is 95.3 Å². The summed E-state index contributed by atoms with van der Waals surface area (Å²) < 4.78 is 5.65. The molecule has 1 aliphatic heterocycles. The van der Waals surface area contributed by atoms with Gasteiger partial charge in [0.2, 0.25) is 0 Å². The number of thiocarbonyl (C=S) groups is 1. The van der Waals surface area contributed by atoms with Crippen molar-refractivity contribution in [2.24, 2.45) is 4.99 Å². The van der Waals surface area contributed by atoms with E-state index in [2.05, 4.69) is 41.1 Å². The molecule has 0 spiro atoms. The molecule has 4 rings (SSSR count). The number of methoxy groups -OCH3 is 1. The van der Waals surface area contributed by atoms with Gasteiger partial charge in [-0.05, 0) is 47.0 Å². The van der Waals surface area contributed by atoms with E-state index >= 15 is 0 Å². The standard InChI is InChI=1S/C24H20N2OS2/c1-27-21-15-9-8-14-19(21)22-20(17-10-4-2-5-11-17)16-29-23(22)26-24(28)25-18-12-6-3-7-13-18/h2-16,22H,1H3,(H,25,28)/b26-23-. The number of para-hydroxylation sites is 2. The van der Waals surface area contributed by atoms with Gasteiger partial charge in [-0.3, -0.25) is 0 Å². The number of nitrogens with one attached hydrogen (secondary N) is 1. The molecule has 5 heteroatoms. The van der Waals surface area contributed by atoms with Crippen LogP contribution in [0.4, 0.5) is 5.69 Å². The molecule has 0 bridgehead atoms. The van der Waals surface area contributed by atoms with Crippen LogP contribution in [0, 0.1) is 0 Å². The Morgan fingerprint density at radius 1 is 0.931 bits per heavy atom. The smallest absolute Gasteiger partial charge is 0.198 e. The molecule has 1 unspecified atom stereocenters. The van der Waals surface area contributed by atoms with E-state index in [0.29, 0.717) is 5.11 Å². The van der Waals surface area contributed by atoms with Gasteiger partial charge in [0, 0.05) is 11.3 Å². The number of thioether (sulfide) groups is 1. The maximum atomic E-state index is 5.65. The molecule has 0 radical (unpaired) electrons. The minimum absolute atomic E-state index is 0.0333. The van der Waals surface area contributed by atoms with Crippen LogP contribution in [0.3, 0.4) is 0 Å². The third kappa shape index (κ3) is 4.42. The molecule has 0 fully saturated rings. The van der Waals surface area contributed by atoms with Crippen LogP contribution in [0.5, 0.6) is 5.75 Å². The highest BCUT2D eigenvalue weighted by Crippen LogP contribution is 2.46. The molecular weight excluding hydrogens is 396 g/mol. The summed E-state index contributed by atoms with van der Waals surface area (Å²) in [5.74, 6) is 0.811. The fourth-order valence-corrected chi connectivity index (χ4v) is 4.66. The number of allylic oxidation sites excluding steroid dienone is 1. The van der Waals surface area contributed by atoms with Crippen LogP contribution >= 0.6 is 24.0 Å². The number of ether oxygens (including phenoxy) is 1. The number of aliphatic imine (C=N–C) groups is 1. The predicted octanol–water partition coefficient (Wildman–Crippen LogP) is 6.36. The highest BCUT2D eigenvalue weighted by molar-refractivity contribution is 8.17. The summed E-state index contributed by atoms with van der Waals surface area (Å²) in [5, 5.41) is 6.74. The largest absolute Gasteiger partial charge is 0.496 e. The summed E-state index contributed by atoms with van der Waals surface area (Å²) in [6.45, 7) is 0. The number of rotatable bonds is 4. The van der Waals surface area contributed by atoms with Crippen molar-refractivity contribution in [3.63, 3.8) is 0 Å². The van der Waals surface area contributed by atoms with Crippen LogP contribution in [0.1, 0.15) is 17.0 Å². The topological polar surface area (TPSA) is 33.6 Å². The molecule has 3 aromatic carbocycles. The van der Waals surface area contributed by atoms with Crippen LogP contribution < -0.4 is 10.1 Å². The van der Waals surface area contributed by atoms with Gasteiger partial charge in [0.15, 0.2) is 5.11 Å². The Balaban J connectivity index is 1.71. The second-order valence-electron chi connectivity index (χ2n) is 6.48. The zero-order valence-corrected chi connectivity index (χ0v) is 17.5. The maximum absolute atomic E-state index is 5.65. The van der Waals surface area contributed by atoms with Gasteiger partial charge in [0.25, 0.3) is 0 Å². The average molecular weight is 417 g/mol. The van der Waals surface area contributed by atoms with E-state index in [9.17, 15) is 0 Å².